The highest BCUT2D eigenvalue weighted by Crippen LogP contribution is 2.40. The minimum atomic E-state index is -4.89. The Balaban J connectivity index is 1.67. The Morgan fingerprint density at radius 1 is 1.14 bits per heavy atom. The van der Waals surface area contributed by atoms with Crippen molar-refractivity contribution in [2.24, 2.45) is 0 Å². The first-order valence-corrected chi connectivity index (χ1v) is 10.7. The van der Waals surface area contributed by atoms with Crippen molar-refractivity contribution >= 4 is 31.6 Å². The number of halogens is 3. The molecule has 1 aliphatic heterocycles. The zero-order valence-corrected chi connectivity index (χ0v) is 16.0. The van der Waals surface area contributed by atoms with Crippen LogP contribution in [0, 0.1) is 0 Å². The smallest absolute Gasteiger partial charge is 0.406 e. The molecule has 148 valence electrons. The number of aromatic nitrogens is 1. The summed E-state index contributed by atoms with van der Waals surface area (Å²) in [6.07, 6.45) is -3.63. The number of benzene rings is 2. The second-order valence-corrected chi connectivity index (χ2v) is 9.27. The summed E-state index contributed by atoms with van der Waals surface area (Å²) in [7, 11) is -4.00. The van der Waals surface area contributed by atoms with Crippen molar-refractivity contribution in [2.75, 3.05) is 6.54 Å². The summed E-state index contributed by atoms with van der Waals surface area (Å²) in [5, 5.41) is 0.685. The van der Waals surface area contributed by atoms with Crippen LogP contribution < -0.4 is 4.74 Å². The van der Waals surface area contributed by atoms with Crippen LogP contribution in [-0.2, 0) is 10.0 Å². The van der Waals surface area contributed by atoms with Crippen LogP contribution in [0.1, 0.15) is 23.9 Å². The highest BCUT2D eigenvalue weighted by atomic mass is 32.2. The molecule has 0 saturated carbocycles. The molecule has 2 heterocycles. The topological polar surface area (TPSA) is 59.5 Å². The molecule has 1 saturated heterocycles. The van der Waals surface area contributed by atoms with Gasteiger partial charge in [-0.15, -0.1) is 24.5 Å². The lowest BCUT2D eigenvalue weighted by molar-refractivity contribution is -0.274. The Labute approximate surface area is 163 Å². The molecule has 0 radical (unpaired) electrons. The number of rotatable bonds is 4. The van der Waals surface area contributed by atoms with E-state index in [2.05, 4.69) is 9.72 Å². The van der Waals surface area contributed by atoms with Crippen molar-refractivity contribution < 1.29 is 26.3 Å². The van der Waals surface area contributed by atoms with E-state index < -0.39 is 28.2 Å². The molecule has 0 aliphatic carbocycles. The second-order valence-electron chi connectivity index (χ2n) is 6.32. The van der Waals surface area contributed by atoms with Gasteiger partial charge in [0.2, 0.25) is 10.0 Å². The SMILES string of the molecule is O=S(=O)(c1cccc(OC(F)(F)F)c1)N1CCCC1c1nc2ccccc2s1. The van der Waals surface area contributed by atoms with E-state index in [1.54, 1.807) is 0 Å². The Kier molecular flexibility index (Phi) is 4.80. The molecule has 3 aromatic rings. The molecule has 0 N–H and O–H groups in total. The number of thiazole rings is 1. The number of sulfonamides is 1. The van der Waals surface area contributed by atoms with E-state index in [4.69, 9.17) is 0 Å². The van der Waals surface area contributed by atoms with E-state index in [0.29, 0.717) is 17.8 Å². The Bertz CT molecular complexity index is 1080. The first-order chi connectivity index (χ1) is 13.2. The molecule has 1 aliphatic rings. The van der Waals surface area contributed by atoms with Gasteiger partial charge >= 0.3 is 6.36 Å². The number of hydrogen-bond acceptors (Lipinski definition) is 5. The lowest BCUT2D eigenvalue weighted by Gasteiger charge is -2.22. The van der Waals surface area contributed by atoms with E-state index in [-0.39, 0.29) is 11.4 Å². The molecule has 0 bridgehead atoms. The fraction of sp³-hybridized carbons (Fsp3) is 0.278. The molecule has 4 rings (SSSR count). The maximum atomic E-state index is 13.1. The average molecular weight is 428 g/mol. The lowest BCUT2D eigenvalue weighted by Crippen LogP contribution is -2.30. The van der Waals surface area contributed by atoms with Crippen LogP contribution in [-0.4, -0.2) is 30.6 Å². The largest absolute Gasteiger partial charge is 0.573 e. The van der Waals surface area contributed by atoms with Gasteiger partial charge in [-0.2, -0.15) is 4.31 Å². The van der Waals surface area contributed by atoms with Gasteiger partial charge in [-0.1, -0.05) is 18.2 Å². The molecule has 1 atom stereocenters. The molecule has 5 nitrogen and oxygen atoms in total. The van der Waals surface area contributed by atoms with E-state index in [1.165, 1.54) is 27.8 Å². The highest BCUT2D eigenvalue weighted by Gasteiger charge is 2.38. The third kappa shape index (κ3) is 3.71. The van der Waals surface area contributed by atoms with Gasteiger partial charge in [0, 0.05) is 12.6 Å². The van der Waals surface area contributed by atoms with Crippen molar-refractivity contribution in [3.8, 4) is 5.75 Å². The average Bonchev–Trinajstić information content (AvgIpc) is 3.27. The Morgan fingerprint density at radius 2 is 1.93 bits per heavy atom. The number of fused-ring (bicyclic) bond motifs is 1. The number of para-hydroxylation sites is 1. The van der Waals surface area contributed by atoms with Gasteiger partial charge < -0.3 is 4.74 Å². The van der Waals surface area contributed by atoms with Crippen LogP contribution in [0.3, 0.4) is 0 Å². The summed E-state index contributed by atoms with van der Waals surface area (Å²) in [6, 6.07) is 11.6. The summed E-state index contributed by atoms with van der Waals surface area (Å²) >= 11 is 1.43. The van der Waals surface area contributed by atoms with Gasteiger partial charge in [0.25, 0.3) is 0 Å². The van der Waals surface area contributed by atoms with Gasteiger partial charge in [0.15, 0.2) is 0 Å². The summed E-state index contributed by atoms with van der Waals surface area (Å²) < 4.78 is 69.8. The van der Waals surface area contributed by atoms with Gasteiger partial charge in [0.1, 0.15) is 10.8 Å². The summed E-state index contributed by atoms with van der Waals surface area (Å²) in [6.45, 7) is 0.285. The number of hydrogen-bond donors (Lipinski definition) is 0. The van der Waals surface area contributed by atoms with Crippen molar-refractivity contribution in [1.82, 2.24) is 9.29 Å². The third-order valence-electron chi connectivity index (χ3n) is 4.44. The molecular formula is C18H15F3N2O3S2. The van der Waals surface area contributed by atoms with Crippen LogP contribution in [0.2, 0.25) is 0 Å². The van der Waals surface area contributed by atoms with Gasteiger partial charge in [0.05, 0.1) is 21.2 Å². The maximum absolute atomic E-state index is 13.1. The van der Waals surface area contributed by atoms with Gasteiger partial charge in [-0.25, -0.2) is 13.4 Å². The van der Waals surface area contributed by atoms with Crippen molar-refractivity contribution in [1.29, 1.82) is 0 Å². The number of nitrogens with zero attached hydrogens (tertiary/aromatic N) is 2. The number of ether oxygens (including phenoxy) is 1. The van der Waals surface area contributed by atoms with Gasteiger partial charge in [-0.3, -0.25) is 0 Å². The quantitative estimate of drug-likeness (QED) is 0.603. The first-order valence-electron chi connectivity index (χ1n) is 8.47. The predicted molar refractivity (Wildman–Crippen MR) is 98.6 cm³/mol. The fourth-order valence-electron chi connectivity index (χ4n) is 3.27. The summed E-state index contributed by atoms with van der Waals surface area (Å²) in [5.74, 6) is -0.565. The molecule has 2 aromatic carbocycles. The van der Waals surface area contributed by atoms with Crippen LogP contribution >= 0.6 is 11.3 Å². The second kappa shape index (κ2) is 7.02. The van der Waals surface area contributed by atoms with E-state index in [9.17, 15) is 21.6 Å². The summed E-state index contributed by atoms with van der Waals surface area (Å²) in [5.41, 5.74) is 0.798. The molecular weight excluding hydrogens is 413 g/mol. The zero-order chi connectivity index (χ0) is 19.9. The van der Waals surface area contributed by atoms with Crippen LogP contribution in [0.4, 0.5) is 13.2 Å². The molecule has 0 amide bonds. The Morgan fingerprint density at radius 3 is 2.68 bits per heavy atom. The van der Waals surface area contributed by atoms with Crippen LogP contribution in [0.25, 0.3) is 10.2 Å². The Hall–Kier alpha value is -2.17. The molecule has 0 spiro atoms. The van der Waals surface area contributed by atoms with Crippen molar-refractivity contribution in [3.05, 3.63) is 53.5 Å². The van der Waals surface area contributed by atoms with Gasteiger partial charge in [-0.05, 0) is 37.1 Å². The first kappa shape index (κ1) is 19.2. The molecule has 1 aromatic heterocycles. The monoisotopic (exact) mass is 428 g/mol. The van der Waals surface area contributed by atoms with Crippen LogP contribution in [0.15, 0.2) is 53.4 Å². The van der Waals surface area contributed by atoms with Crippen molar-refractivity contribution in [2.45, 2.75) is 30.1 Å². The zero-order valence-electron chi connectivity index (χ0n) is 14.4. The predicted octanol–water partition coefficient (Wildman–Crippen LogP) is 4.72. The van der Waals surface area contributed by atoms with E-state index in [1.807, 2.05) is 24.3 Å². The normalized spacial score (nSPS) is 18.6. The van der Waals surface area contributed by atoms with E-state index >= 15 is 0 Å². The highest BCUT2D eigenvalue weighted by molar-refractivity contribution is 7.89. The minimum absolute atomic E-state index is 0.234. The third-order valence-corrected chi connectivity index (χ3v) is 7.49. The maximum Gasteiger partial charge on any atom is 0.573 e. The lowest BCUT2D eigenvalue weighted by atomic mass is 10.2. The standard InChI is InChI=1S/C18H15F3N2O3S2/c19-18(20,21)26-12-5-3-6-13(11-12)28(24,25)23-10-4-8-15(23)17-22-14-7-1-2-9-16(14)27-17/h1-3,5-7,9,11,15H,4,8,10H2. The molecule has 10 heteroatoms. The molecule has 28 heavy (non-hydrogen) atoms. The van der Waals surface area contributed by atoms with Crippen LogP contribution in [0.5, 0.6) is 5.75 Å². The number of alkyl halides is 3. The van der Waals surface area contributed by atoms with Crippen molar-refractivity contribution in [3.63, 3.8) is 0 Å². The minimum Gasteiger partial charge on any atom is -0.406 e. The molecule has 1 fully saturated rings. The fourth-order valence-corrected chi connectivity index (χ4v) is 6.15. The van der Waals surface area contributed by atoms with E-state index in [0.717, 1.165) is 22.3 Å². The summed E-state index contributed by atoms with van der Waals surface area (Å²) in [4.78, 5) is 4.32. The molecule has 1 unspecified atom stereocenters.